The molecule has 0 N–H and O–H groups in total. The SMILES string of the molecule is C=[C]N=NCc1ccccc1. The van der Waals surface area contributed by atoms with E-state index in [4.69, 9.17) is 0 Å². The van der Waals surface area contributed by atoms with Crippen LogP contribution in [0.1, 0.15) is 5.56 Å². The van der Waals surface area contributed by atoms with Crippen molar-refractivity contribution in [3.05, 3.63) is 48.7 Å². The molecule has 0 fully saturated rings. The first-order valence-corrected chi connectivity index (χ1v) is 3.36. The molecule has 0 saturated carbocycles. The van der Waals surface area contributed by atoms with E-state index in [9.17, 15) is 0 Å². The van der Waals surface area contributed by atoms with E-state index < -0.39 is 0 Å². The van der Waals surface area contributed by atoms with Crippen LogP contribution in [0.4, 0.5) is 0 Å². The van der Waals surface area contributed by atoms with Gasteiger partial charge in [0.25, 0.3) is 0 Å². The van der Waals surface area contributed by atoms with Crippen molar-refractivity contribution in [2.24, 2.45) is 10.2 Å². The molecule has 0 spiro atoms. The van der Waals surface area contributed by atoms with Gasteiger partial charge in [-0.3, -0.25) is 0 Å². The topological polar surface area (TPSA) is 24.7 Å². The van der Waals surface area contributed by atoms with Crippen molar-refractivity contribution in [1.82, 2.24) is 0 Å². The maximum Gasteiger partial charge on any atom is 0.105 e. The average Bonchev–Trinajstić information content (AvgIpc) is 2.07. The predicted molar refractivity (Wildman–Crippen MR) is 43.9 cm³/mol. The Morgan fingerprint density at radius 2 is 2.00 bits per heavy atom. The molecule has 0 saturated heterocycles. The average molecular weight is 145 g/mol. The van der Waals surface area contributed by atoms with Gasteiger partial charge in [-0.2, -0.15) is 10.2 Å². The van der Waals surface area contributed by atoms with Crippen LogP contribution in [0.2, 0.25) is 0 Å². The molecule has 0 atom stereocenters. The van der Waals surface area contributed by atoms with Crippen LogP contribution in [-0.4, -0.2) is 0 Å². The van der Waals surface area contributed by atoms with E-state index in [1.54, 1.807) is 0 Å². The molecule has 2 heteroatoms. The van der Waals surface area contributed by atoms with Gasteiger partial charge in [0.1, 0.15) is 6.20 Å². The molecule has 0 unspecified atom stereocenters. The van der Waals surface area contributed by atoms with Gasteiger partial charge in [0, 0.05) is 0 Å². The summed E-state index contributed by atoms with van der Waals surface area (Å²) in [6.07, 6.45) is 2.35. The minimum atomic E-state index is 0.601. The summed E-state index contributed by atoms with van der Waals surface area (Å²) in [5, 5.41) is 7.34. The quantitative estimate of drug-likeness (QED) is 0.584. The Morgan fingerprint density at radius 1 is 1.27 bits per heavy atom. The second kappa shape index (κ2) is 4.39. The van der Waals surface area contributed by atoms with Crippen LogP contribution in [0.25, 0.3) is 0 Å². The number of nitrogens with zero attached hydrogens (tertiary/aromatic N) is 2. The molecule has 1 aromatic rings. The number of hydrogen-bond acceptors (Lipinski definition) is 2. The van der Waals surface area contributed by atoms with E-state index in [1.165, 1.54) is 0 Å². The standard InChI is InChI=1S/C9H9N2/c1-2-10-11-8-9-6-4-3-5-7-9/h3-7H,1,8H2. The van der Waals surface area contributed by atoms with Gasteiger partial charge in [0.2, 0.25) is 0 Å². The highest BCUT2D eigenvalue weighted by Gasteiger charge is 1.85. The Kier molecular flexibility index (Phi) is 3.06. The van der Waals surface area contributed by atoms with E-state index in [-0.39, 0.29) is 0 Å². The fourth-order valence-corrected chi connectivity index (χ4v) is 0.750. The van der Waals surface area contributed by atoms with Crippen LogP contribution >= 0.6 is 0 Å². The zero-order valence-corrected chi connectivity index (χ0v) is 6.20. The summed E-state index contributed by atoms with van der Waals surface area (Å²) >= 11 is 0. The Labute approximate surface area is 66.3 Å². The smallest absolute Gasteiger partial charge is 0.105 e. The van der Waals surface area contributed by atoms with Crippen molar-refractivity contribution < 1.29 is 0 Å². The van der Waals surface area contributed by atoms with Gasteiger partial charge in [-0.1, -0.05) is 36.9 Å². The largest absolute Gasteiger partial charge is 0.184 e. The molecule has 55 valence electrons. The summed E-state index contributed by atoms with van der Waals surface area (Å²) in [5.41, 5.74) is 1.14. The molecule has 0 aliphatic carbocycles. The molecule has 1 radical (unpaired) electrons. The Morgan fingerprint density at radius 3 is 2.64 bits per heavy atom. The minimum absolute atomic E-state index is 0.601. The molecule has 0 amide bonds. The first kappa shape index (κ1) is 7.66. The van der Waals surface area contributed by atoms with Gasteiger partial charge in [-0.05, 0) is 5.56 Å². The lowest BCUT2D eigenvalue weighted by molar-refractivity contribution is 0.948. The zero-order valence-electron chi connectivity index (χ0n) is 6.20. The summed E-state index contributed by atoms with van der Waals surface area (Å²) in [7, 11) is 0. The Balaban J connectivity index is 2.51. The summed E-state index contributed by atoms with van der Waals surface area (Å²) in [6.45, 7) is 3.91. The molecule has 1 aromatic carbocycles. The molecule has 0 heterocycles. The number of benzene rings is 1. The molecule has 2 nitrogen and oxygen atoms in total. The van der Waals surface area contributed by atoms with Crippen LogP contribution in [0.5, 0.6) is 0 Å². The van der Waals surface area contributed by atoms with Gasteiger partial charge in [-0.25, -0.2) is 0 Å². The van der Waals surface area contributed by atoms with Gasteiger partial charge >= 0.3 is 0 Å². The van der Waals surface area contributed by atoms with Crippen LogP contribution in [0, 0.1) is 6.20 Å². The highest BCUT2D eigenvalue weighted by Crippen LogP contribution is 1.99. The lowest BCUT2D eigenvalue weighted by Crippen LogP contribution is -1.76. The lowest BCUT2D eigenvalue weighted by Gasteiger charge is -1.91. The first-order chi connectivity index (χ1) is 5.43. The maximum absolute atomic E-state index is 3.81. The van der Waals surface area contributed by atoms with Crippen molar-refractivity contribution in [3.8, 4) is 0 Å². The third-order valence-electron chi connectivity index (χ3n) is 1.24. The van der Waals surface area contributed by atoms with Crippen molar-refractivity contribution >= 4 is 0 Å². The van der Waals surface area contributed by atoms with E-state index in [0.29, 0.717) is 6.54 Å². The second-order valence-electron chi connectivity index (χ2n) is 2.04. The van der Waals surface area contributed by atoms with Crippen LogP contribution < -0.4 is 0 Å². The molecular weight excluding hydrogens is 136 g/mol. The fourth-order valence-electron chi connectivity index (χ4n) is 0.750. The molecule has 0 aliphatic rings. The fraction of sp³-hybridized carbons (Fsp3) is 0.111. The predicted octanol–water partition coefficient (Wildman–Crippen LogP) is 2.59. The summed E-state index contributed by atoms with van der Waals surface area (Å²) in [5.74, 6) is 0. The van der Waals surface area contributed by atoms with E-state index in [2.05, 4.69) is 23.0 Å². The molecule has 11 heavy (non-hydrogen) atoms. The highest BCUT2D eigenvalue weighted by atomic mass is 15.1. The normalized spacial score (nSPS) is 10.2. The first-order valence-electron chi connectivity index (χ1n) is 3.36. The van der Waals surface area contributed by atoms with E-state index in [1.807, 2.05) is 30.3 Å². The van der Waals surface area contributed by atoms with Crippen LogP contribution in [-0.2, 0) is 6.54 Å². The molecule has 0 aromatic heterocycles. The van der Waals surface area contributed by atoms with Gasteiger partial charge in [-0.15, -0.1) is 0 Å². The third-order valence-corrected chi connectivity index (χ3v) is 1.24. The van der Waals surface area contributed by atoms with Crippen molar-refractivity contribution in [3.63, 3.8) is 0 Å². The van der Waals surface area contributed by atoms with Crippen LogP contribution in [0.15, 0.2) is 47.1 Å². The van der Waals surface area contributed by atoms with Crippen molar-refractivity contribution in [2.75, 3.05) is 0 Å². The molecular formula is C9H9N2. The van der Waals surface area contributed by atoms with Crippen LogP contribution in [0.3, 0.4) is 0 Å². The summed E-state index contributed by atoms with van der Waals surface area (Å²) in [4.78, 5) is 0. The minimum Gasteiger partial charge on any atom is -0.184 e. The monoisotopic (exact) mass is 145 g/mol. The summed E-state index contributed by atoms with van der Waals surface area (Å²) < 4.78 is 0. The van der Waals surface area contributed by atoms with Crippen molar-refractivity contribution in [1.29, 1.82) is 0 Å². The number of rotatable bonds is 3. The molecule has 0 aliphatic heterocycles. The molecule has 1 rings (SSSR count). The Bertz CT molecular complexity index is 239. The summed E-state index contributed by atoms with van der Waals surface area (Å²) in [6, 6.07) is 9.93. The third kappa shape index (κ3) is 2.76. The number of hydrogen-bond donors (Lipinski definition) is 0. The van der Waals surface area contributed by atoms with Gasteiger partial charge < -0.3 is 0 Å². The zero-order chi connectivity index (χ0) is 7.94. The van der Waals surface area contributed by atoms with Crippen molar-refractivity contribution in [2.45, 2.75) is 6.54 Å². The molecule has 0 bridgehead atoms. The van der Waals surface area contributed by atoms with Gasteiger partial charge in [0.15, 0.2) is 0 Å². The highest BCUT2D eigenvalue weighted by molar-refractivity contribution is 5.14. The van der Waals surface area contributed by atoms with Gasteiger partial charge in [0.05, 0.1) is 6.54 Å². The maximum atomic E-state index is 3.81. The van der Waals surface area contributed by atoms with E-state index >= 15 is 0 Å². The Hall–Kier alpha value is -1.44. The second-order valence-corrected chi connectivity index (χ2v) is 2.04. The number of azo groups is 1. The van der Waals surface area contributed by atoms with E-state index in [0.717, 1.165) is 5.56 Å². The lowest BCUT2D eigenvalue weighted by atomic mass is 10.2.